The van der Waals surface area contributed by atoms with Crippen LogP contribution >= 0.6 is 0 Å². The summed E-state index contributed by atoms with van der Waals surface area (Å²) in [4.78, 5) is 12.4. The van der Waals surface area contributed by atoms with Crippen LogP contribution < -0.4 is 18.9 Å². The van der Waals surface area contributed by atoms with Crippen LogP contribution in [0.1, 0.15) is 28.8 Å². The highest BCUT2D eigenvalue weighted by atomic mass is 16.7. The monoisotopic (exact) mass is 378 g/mol. The number of carbonyl (C=O) groups excluding carboxylic acids is 1. The molecule has 0 saturated heterocycles. The van der Waals surface area contributed by atoms with Gasteiger partial charge in [0.2, 0.25) is 13.1 Å². The van der Waals surface area contributed by atoms with Crippen molar-refractivity contribution >= 4 is 11.4 Å². The molecule has 142 valence electrons. The second-order valence-electron chi connectivity index (χ2n) is 6.78. The van der Waals surface area contributed by atoms with E-state index in [1.54, 1.807) is 24.3 Å². The smallest absolute Gasteiger partial charge is 0.231 e. The number of hydrogen-bond donors (Lipinski definition) is 1. The van der Waals surface area contributed by atoms with Crippen molar-refractivity contribution in [3.8, 4) is 23.0 Å². The maximum atomic E-state index is 12.4. The van der Waals surface area contributed by atoms with Crippen LogP contribution in [0.3, 0.4) is 0 Å². The molecule has 0 spiro atoms. The first-order valence-electron chi connectivity index (χ1n) is 9.13. The molecule has 2 aromatic carbocycles. The van der Waals surface area contributed by atoms with E-state index < -0.39 is 6.29 Å². The highest BCUT2D eigenvalue weighted by Crippen LogP contribution is 2.41. The van der Waals surface area contributed by atoms with E-state index >= 15 is 0 Å². The molecule has 0 fully saturated rings. The lowest BCUT2D eigenvalue weighted by Crippen LogP contribution is -2.24. The number of ketones is 1. The topological polar surface area (TPSA) is 74.2 Å². The number of ether oxygens (including phenoxy) is 4. The van der Waals surface area contributed by atoms with Crippen molar-refractivity contribution in [1.82, 2.24) is 0 Å². The predicted octanol–water partition coefficient (Wildman–Crippen LogP) is 3.49. The number of Topliss-reactive ketones (excluding diaryl/α,β-unsaturated/α-hetero) is 1. The van der Waals surface area contributed by atoms with E-state index in [2.05, 4.69) is 0 Å². The minimum absolute atomic E-state index is 0.113. The van der Waals surface area contributed by atoms with Gasteiger partial charge in [-0.05, 0) is 48.7 Å². The maximum Gasteiger partial charge on any atom is 0.231 e. The molecule has 3 aliphatic rings. The molecule has 2 heterocycles. The molecule has 5 rings (SSSR count). The van der Waals surface area contributed by atoms with Crippen molar-refractivity contribution in [1.29, 1.82) is 0 Å². The van der Waals surface area contributed by atoms with E-state index in [4.69, 9.17) is 18.9 Å². The summed E-state index contributed by atoms with van der Waals surface area (Å²) in [7, 11) is 0. The van der Waals surface area contributed by atoms with Crippen LogP contribution in [0.4, 0.5) is 0 Å². The first kappa shape index (κ1) is 16.9. The van der Waals surface area contributed by atoms with E-state index in [0.717, 1.165) is 29.6 Å². The zero-order valence-corrected chi connectivity index (χ0v) is 15.0. The van der Waals surface area contributed by atoms with E-state index in [-0.39, 0.29) is 19.2 Å². The molecule has 1 aliphatic carbocycles. The van der Waals surface area contributed by atoms with Gasteiger partial charge in [0, 0.05) is 22.8 Å². The van der Waals surface area contributed by atoms with Crippen LogP contribution in [0.2, 0.25) is 0 Å². The molecular weight excluding hydrogens is 360 g/mol. The second-order valence-corrected chi connectivity index (χ2v) is 6.78. The standard InChI is InChI=1S/C22H18O6/c23-18(13-5-8-19-21(9-13)27-12-26-19)11-25-14-6-7-16-15-3-1-2-4-17(15)22(24)28-20(16)10-14/h2,4-10,22,24H,1,3,11-12H2. The van der Waals surface area contributed by atoms with Crippen molar-refractivity contribution in [3.63, 3.8) is 0 Å². The Hall–Kier alpha value is -3.25. The van der Waals surface area contributed by atoms with Gasteiger partial charge in [-0.25, -0.2) is 0 Å². The van der Waals surface area contributed by atoms with E-state index in [9.17, 15) is 9.90 Å². The summed E-state index contributed by atoms with van der Waals surface area (Å²) in [5, 5.41) is 10.2. The minimum atomic E-state index is -0.982. The average molecular weight is 378 g/mol. The molecule has 6 heteroatoms. The number of benzene rings is 2. The Morgan fingerprint density at radius 2 is 2.00 bits per heavy atom. The summed E-state index contributed by atoms with van der Waals surface area (Å²) in [6.07, 6.45) is 4.77. The number of carbonyl (C=O) groups is 1. The lowest BCUT2D eigenvalue weighted by Gasteiger charge is -2.28. The van der Waals surface area contributed by atoms with Crippen molar-refractivity contribution < 1.29 is 28.8 Å². The fourth-order valence-electron chi connectivity index (χ4n) is 3.63. The number of fused-ring (bicyclic) bond motifs is 3. The zero-order valence-electron chi connectivity index (χ0n) is 15.0. The van der Waals surface area contributed by atoms with Gasteiger partial charge in [0.1, 0.15) is 11.5 Å². The Labute approximate surface area is 161 Å². The van der Waals surface area contributed by atoms with Gasteiger partial charge < -0.3 is 24.1 Å². The molecule has 1 unspecified atom stereocenters. The van der Waals surface area contributed by atoms with Gasteiger partial charge in [0.05, 0.1) is 0 Å². The molecule has 2 aromatic rings. The fraction of sp³-hybridized carbons (Fsp3) is 0.227. The first-order chi connectivity index (χ1) is 13.7. The molecule has 6 nitrogen and oxygen atoms in total. The number of aliphatic hydroxyl groups is 1. The second kappa shape index (κ2) is 6.73. The highest BCUT2D eigenvalue weighted by Gasteiger charge is 2.27. The summed E-state index contributed by atoms with van der Waals surface area (Å²) in [5.41, 5.74) is 3.36. The normalized spacial score (nSPS) is 19.0. The Kier molecular flexibility index (Phi) is 4.06. The Morgan fingerprint density at radius 1 is 1.11 bits per heavy atom. The van der Waals surface area contributed by atoms with Gasteiger partial charge in [-0.2, -0.15) is 0 Å². The number of allylic oxidation sites excluding steroid dienone is 2. The summed E-state index contributed by atoms with van der Waals surface area (Å²) < 4.78 is 21.9. The molecular formula is C22H18O6. The van der Waals surface area contributed by atoms with Gasteiger partial charge in [-0.3, -0.25) is 4.79 Å². The third-order valence-electron chi connectivity index (χ3n) is 5.05. The Balaban J connectivity index is 1.32. The van der Waals surface area contributed by atoms with Gasteiger partial charge in [-0.1, -0.05) is 12.2 Å². The molecule has 0 amide bonds. The Bertz CT molecular complexity index is 1020. The third-order valence-corrected chi connectivity index (χ3v) is 5.05. The number of rotatable bonds is 4. The van der Waals surface area contributed by atoms with Gasteiger partial charge in [0.15, 0.2) is 23.9 Å². The van der Waals surface area contributed by atoms with Gasteiger partial charge in [0.25, 0.3) is 0 Å². The van der Waals surface area contributed by atoms with Crippen LogP contribution in [0.25, 0.3) is 5.57 Å². The first-order valence-corrected chi connectivity index (χ1v) is 9.13. The van der Waals surface area contributed by atoms with Gasteiger partial charge >= 0.3 is 0 Å². The van der Waals surface area contributed by atoms with Crippen LogP contribution in [0.15, 0.2) is 54.1 Å². The molecule has 0 radical (unpaired) electrons. The van der Waals surface area contributed by atoms with Crippen LogP contribution in [0, 0.1) is 0 Å². The van der Waals surface area contributed by atoms with E-state index in [1.807, 2.05) is 24.3 Å². The summed E-state index contributed by atoms with van der Waals surface area (Å²) in [6.45, 7) is 0.0516. The highest BCUT2D eigenvalue weighted by molar-refractivity contribution is 5.98. The summed E-state index contributed by atoms with van der Waals surface area (Å²) >= 11 is 0. The third kappa shape index (κ3) is 2.92. The minimum Gasteiger partial charge on any atom is -0.485 e. The van der Waals surface area contributed by atoms with Crippen molar-refractivity contribution in [2.45, 2.75) is 19.1 Å². The lowest BCUT2D eigenvalue weighted by molar-refractivity contribution is 0.0145. The molecule has 1 N–H and O–H groups in total. The quantitative estimate of drug-likeness (QED) is 0.821. The molecule has 2 aliphatic heterocycles. The summed E-state index contributed by atoms with van der Waals surface area (Å²) in [6, 6.07) is 10.5. The predicted molar refractivity (Wildman–Crippen MR) is 101 cm³/mol. The molecule has 0 bridgehead atoms. The SMILES string of the molecule is O=C(COc1ccc2c(c1)OC(O)C1=C2CCC=C1)c1ccc2c(c1)OCO2. The van der Waals surface area contributed by atoms with Gasteiger partial charge in [-0.15, -0.1) is 0 Å². The molecule has 28 heavy (non-hydrogen) atoms. The Morgan fingerprint density at radius 3 is 2.93 bits per heavy atom. The van der Waals surface area contributed by atoms with Crippen LogP contribution in [-0.4, -0.2) is 30.6 Å². The van der Waals surface area contributed by atoms with E-state index in [0.29, 0.717) is 28.6 Å². The largest absolute Gasteiger partial charge is 0.485 e. The van der Waals surface area contributed by atoms with Crippen LogP contribution in [-0.2, 0) is 0 Å². The average Bonchev–Trinajstić information content (AvgIpc) is 3.20. The molecule has 1 atom stereocenters. The number of hydrogen-bond acceptors (Lipinski definition) is 6. The lowest BCUT2D eigenvalue weighted by atomic mass is 9.89. The fourth-order valence-corrected chi connectivity index (χ4v) is 3.63. The zero-order chi connectivity index (χ0) is 19.1. The number of aliphatic hydroxyl groups excluding tert-OH is 1. The van der Waals surface area contributed by atoms with Crippen molar-refractivity contribution in [2.24, 2.45) is 0 Å². The maximum absolute atomic E-state index is 12.4. The van der Waals surface area contributed by atoms with E-state index in [1.165, 1.54) is 0 Å². The summed E-state index contributed by atoms with van der Waals surface area (Å²) in [5.74, 6) is 2.10. The van der Waals surface area contributed by atoms with Crippen LogP contribution in [0.5, 0.6) is 23.0 Å². The van der Waals surface area contributed by atoms with Crippen molar-refractivity contribution in [3.05, 3.63) is 65.3 Å². The molecule has 0 saturated carbocycles. The van der Waals surface area contributed by atoms with Crippen molar-refractivity contribution in [2.75, 3.05) is 13.4 Å². The molecule has 0 aromatic heterocycles.